The number of hydrogen-bond donors (Lipinski definition) is 1. The third-order valence-electron chi connectivity index (χ3n) is 4.65. The van der Waals surface area contributed by atoms with E-state index in [1.807, 2.05) is 13.8 Å². The van der Waals surface area contributed by atoms with Crippen LogP contribution in [0.3, 0.4) is 0 Å². The fourth-order valence-electron chi connectivity index (χ4n) is 2.89. The highest BCUT2D eigenvalue weighted by Crippen LogP contribution is 2.12. The van der Waals surface area contributed by atoms with Crippen LogP contribution in [0, 0.1) is 0 Å². The molecule has 1 unspecified atom stereocenters. The molecule has 0 aromatic heterocycles. The number of hydrogen-bond acceptors (Lipinski definition) is 2. The minimum atomic E-state index is -1.03. The molecule has 0 heterocycles. The fourth-order valence-corrected chi connectivity index (χ4v) is 3.59. The maximum absolute atomic E-state index is 11.6. The lowest BCUT2D eigenvalue weighted by Crippen LogP contribution is -2.30. The van der Waals surface area contributed by atoms with Crippen molar-refractivity contribution >= 4 is 16.7 Å². The van der Waals surface area contributed by atoms with E-state index in [2.05, 4.69) is 12.2 Å². The molecule has 0 fully saturated rings. The third kappa shape index (κ3) is 18.2. The van der Waals surface area contributed by atoms with E-state index in [0.717, 1.165) is 13.0 Å². The highest BCUT2D eigenvalue weighted by atomic mass is 32.2. The minimum absolute atomic E-state index is 0.0619. The van der Waals surface area contributed by atoms with E-state index in [4.69, 9.17) is 0 Å². The van der Waals surface area contributed by atoms with Gasteiger partial charge in [0.2, 0.25) is 5.91 Å². The molecule has 1 amide bonds. The lowest BCUT2D eigenvalue weighted by Gasteiger charge is -2.07. The van der Waals surface area contributed by atoms with Crippen molar-refractivity contribution in [2.45, 2.75) is 116 Å². The summed E-state index contributed by atoms with van der Waals surface area (Å²) in [5.41, 5.74) is 0. The first-order valence-corrected chi connectivity index (χ1v) is 12.1. The van der Waals surface area contributed by atoms with Gasteiger partial charge in [0.05, 0.1) is 0 Å². The number of rotatable bonds is 18. The number of carbonyl (C=O) groups is 1. The summed E-state index contributed by atoms with van der Waals surface area (Å²) in [6.07, 6.45) is 18.8. The molecule has 1 N–H and O–H groups in total. The van der Waals surface area contributed by atoms with Gasteiger partial charge in [0.1, 0.15) is 5.75 Å². The normalized spacial score (nSPS) is 12.5. The zero-order valence-corrected chi connectivity index (χ0v) is 17.9. The summed E-state index contributed by atoms with van der Waals surface area (Å²) in [5, 5.41) is 2.94. The average molecular weight is 374 g/mol. The summed E-state index contributed by atoms with van der Waals surface area (Å²) >= 11 is 0. The van der Waals surface area contributed by atoms with Crippen LogP contribution >= 0.6 is 0 Å². The predicted molar refractivity (Wildman–Crippen MR) is 111 cm³/mol. The molecule has 0 saturated heterocycles. The van der Waals surface area contributed by atoms with E-state index in [1.165, 1.54) is 83.5 Å². The van der Waals surface area contributed by atoms with Crippen molar-refractivity contribution in [1.82, 2.24) is 5.32 Å². The van der Waals surface area contributed by atoms with Crippen LogP contribution in [0.25, 0.3) is 0 Å². The van der Waals surface area contributed by atoms with Crippen molar-refractivity contribution in [3.05, 3.63) is 0 Å². The Labute approximate surface area is 159 Å². The van der Waals surface area contributed by atoms with Gasteiger partial charge < -0.3 is 5.32 Å². The summed E-state index contributed by atoms with van der Waals surface area (Å²) < 4.78 is 11.6. The van der Waals surface area contributed by atoms with Crippen molar-refractivity contribution in [3.63, 3.8) is 0 Å². The molecule has 25 heavy (non-hydrogen) atoms. The van der Waals surface area contributed by atoms with Gasteiger partial charge in [0, 0.05) is 22.6 Å². The number of carbonyl (C=O) groups excluding carboxylic acids is 1. The zero-order valence-electron chi connectivity index (χ0n) is 17.1. The van der Waals surface area contributed by atoms with Gasteiger partial charge in [0.25, 0.3) is 0 Å². The molecular weight excluding hydrogens is 330 g/mol. The van der Waals surface area contributed by atoms with Gasteiger partial charge in [-0.05, 0) is 6.42 Å². The van der Waals surface area contributed by atoms with Crippen LogP contribution in [0.5, 0.6) is 0 Å². The molecular formula is C21H43NO2S. The molecule has 0 radical (unpaired) electrons. The van der Waals surface area contributed by atoms with Gasteiger partial charge in [-0.1, -0.05) is 104 Å². The fraction of sp³-hybridized carbons (Fsp3) is 0.952. The third-order valence-corrected chi connectivity index (χ3v) is 6.25. The first-order chi connectivity index (χ1) is 12.1. The smallest absolute Gasteiger partial charge is 0.232 e. The largest absolute Gasteiger partial charge is 0.355 e. The quantitative estimate of drug-likeness (QED) is 0.311. The highest BCUT2D eigenvalue weighted by Gasteiger charge is 2.10. The Kier molecular flexibility index (Phi) is 18.1. The average Bonchev–Trinajstić information content (AvgIpc) is 2.58. The second kappa shape index (κ2) is 18.4. The molecule has 0 aromatic carbocycles. The maximum Gasteiger partial charge on any atom is 0.232 e. The van der Waals surface area contributed by atoms with Gasteiger partial charge in [-0.3, -0.25) is 9.00 Å². The van der Waals surface area contributed by atoms with Crippen LogP contribution in [-0.2, 0) is 15.6 Å². The van der Waals surface area contributed by atoms with Crippen molar-refractivity contribution in [3.8, 4) is 0 Å². The van der Waals surface area contributed by atoms with Gasteiger partial charge in [-0.2, -0.15) is 0 Å². The van der Waals surface area contributed by atoms with Crippen LogP contribution in [-0.4, -0.2) is 27.7 Å². The minimum Gasteiger partial charge on any atom is -0.355 e. The molecule has 0 aliphatic rings. The molecule has 150 valence electrons. The maximum atomic E-state index is 11.6. The van der Waals surface area contributed by atoms with E-state index >= 15 is 0 Å². The van der Waals surface area contributed by atoms with Crippen LogP contribution in [0.1, 0.15) is 111 Å². The van der Waals surface area contributed by atoms with Crippen molar-refractivity contribution in [2.75, 3.05) is 12.3 Å². The molecule has 4 heteroatoms. The highest BCUT2D eigenvalue weighted by molar-refractivity contribution is 7.86. The second-order valence-corrected chi connectivity index (χ2v) is 9.51. The Hall–Kier alpha value is -0.380. The molecule has 1 atom stereocenters. The summed E-state index contributed by atoms with van der Waals surface area (Å²) in [7, 11) is -1.03. The van der Waals surface area contributed by atoms with E-state index in [9.17, 15) is 9.00 Å². The summed E-state index contributed by atoms with van der Waals surface area (Å²) in [6, 6.07) is 0. The van der Waals surface area contributed by atoms with Gasteiger partial charge in [-0.25, -0.2) is 0 Å². The Balaban J connectivity index is 3.19. The van der Waals surface area contributed by atoms with Crippen LogP contribution < -0.4 is 5.32 Å². The second-order valence-electron chi connectivity index (χ2n) is 7.52. The molecule has 3 nitrogen and oxygen atoms in total. The number of amides is 1. The van der Waals surface area contributed by atoms with Crippen molar-refractivity contribution < 1.29 is 9.00 Å². The van der Waals surface area contributed by atoms with Crippen LogP contribution in [0.15, 0.2) is 0 Å². The van der Waals surface area contributed by atoms with E-state index in [-0.39, 0.29) is 16.9 Å². The first kappa shape index (κ1) is 24.6. The van der Waals surface area contributed by atoms with Crippen LogP contribution in [0.4, 0.5) is 0 Å². The van der Waals surface area contributed by atoms with Gasteiger partial charge >= 0.3 is 0 Å². The summed E-state index contributed by atoms with van der Waals surface area (Å²) in [6.45, 7) is 6.77. The van der Waals surface area contributed by atoms with E-state index in [0.29, 0.717) is 0 Å². The van der Waals surface area contributed by atoms with Crippen molar-refractivity contribution in [2.24, 2.45) is 0 Å². The molecule has 0 bridgehead atoms. The monoisotopic (exact) mass is 373 g/mol. The molecule has 0 saturated carbocycles. The Bertz CT molecular complexity index is 332. The molecule has 0 aliphatic carbocycles. The standard InChI is InChI=1S/C21H43NO2S/c1-4-5-6-7-8-9-10-11-12-13-14-15-16-17-18-22-21(23)19-25(24)20(2)3/h20H,4-19H2,1-3H3,(H,22,23). The summed E-state index contributed by atoms with van der Waals surface area (Å²) in [5.74, 6) is 0.0812. The molecule has 0 rings (SSSR count). The topological polar surface area (TPSA) is 46.2 Å². The molecule has 0 aromatic rings. The molecule has 0 spiro atoms. The van der Waals surface area contributed by atoms with Crippen molar-refractivity contribution in [1.29, 1.82) is 0 Å². The first-order valence-electron chi connectivity index (χ1n) is 10.7. The Morgan fingerprint density at radius 2 is 1.16 bits per heavy atom. The zero-order chi connectivity index (χ0) is 18.8. The van der Waals surface area contributed by atoms with E-state index < -0.39 is 10.8 Å². The van der Waals surface area contributed by atoms with Gasteiger partial charge in [0.15, 0.2) is 0 Å². The molecule has 0 aliphatic heterocycles. The lowest BCUT2D eigenvalue weighted by molar-refractivity contribution is -0.118. The Morgan fingerprint density at radius 1 is 0.760 bits per heavy atom. The lowest BCUT2D eigenvalue weighted by atomic mass is 10.0. The van der Waals surface area contributed by atoms with Gasteiger partial charge in [-0.15, -0.1) is 0 Å². The number of unbranched alkanes of at least 4 members (excludes halogenated alkanes) is 13. The SMILES string of the molecule is CCCCCCCCCCCCCCCCNC(=O)CS(=O)C(C)C. The Morgan fingerprint density at radius 3 is 1.56 bits per heavy atom. The summed E-state index contributed by atoms with van der Waals surface area (Å²) in [4.78, 5) is 11.6. The van der Waals surface area contributed by atoms with E-state index in [1.54, 1.807) is 0 Å². The predicted octanol–water partition coefficient (Wildman–Crippen LogP) is 5.74. The number of nitrogens with one attached hydrogen (secondary N) is 1. The van der Waals surface area contributed by atoms with Crippen LogP contribution in [0.2, 0.25) is 0 Å².